The Hall–Kier alpha value is -2.21. The maximum atomic E-state index is 12.4. The first-order valence-electron chi connectivity index (χ1n) is 7.91. The Morgan fingerprint density at radius 2 is 1.71 bits per heavy atom. The predicted molar refractivity (Wildman–Crippen MR) is 93.1 cm³/mol. The molecule has 0 N–H and O–H groups in total. The first kappa shape index (κ1) is 16.6. The van der Waals surface area contributed by atoms with Gasteiger partial charge in [0, 0.05) is 31.1 Å². The average molecular weight is 344 g/mol. The van der Waals surface area contributed by atoms with Crippen LogP contribution in [0.25, 0.3) is 0 Å². The summed E-state index contributed by atoms with van der Waals surface area (Å²) in [5.74, 6) is 0.348. The summed E-state index contributed by atoms with van der Waals surface area (Å²) < 4.78 is 5.15. The van der Waals surface area contributed by atoms with Crippen LogP contribution >= 0.6 is 11.8 Å². The highest BCUT2D eigenvalue weighted by Gasteiger charge is 2.25. The standard InChI is InChI=1S/C18H20N2O3S/c1-24-15-6-4-14(5-7-15)13-17(21)19-8-10-20(11-9-19)18(22)16-3-2-12-23-16/h2-7,12H,8-11,13H2,1H3. The fourth-order valence-corrected chi connectivity index (χ4v) is 3.15. The van der Waals surface area contributed by atoms with Crippen LogP contribution in [0.4, 0.5) is 0 Å². The second-order valence-electron chi connectivity index (χ2n) is 5.68. The van der Waals surface area contributed by atoms with E-state index in [1.807, 2.05) is 35.4 Å². The van der Waals surface area contributed by atoms with Gasteiger partial charge < -0.3 is 14.2 Å². The van der Waals surface area contributed by atoms with Crippen LogP contribution in [0.1, 0.15) is 16.1 Å². The zero-order valence-electron chi connectivity index (χ0n) is 13.6. The summed E-state index contributed by atoms with van der Waals surface area (Å²) in [6, 6.07) is 11.4. The predicted octanol–water partition coefficient (Wildman–Crippen LogP) is 2.53. The van der Waals surface area contributed by atoms with Crippen LogP contribution in [0.15, 0.2) is 52.0 Å². The van der Waals surface area contributed by atoms with Gasteiger partial charge in [-0.25, -0.2) is 0 Å². The van der Waals surface area contributed by atoms with Gasteiger partial charge in [0.15, 0.2) is 5.76 Å². The van der Waals surface area contributed by atoms with Gasteiger partial charge in [-0.3, -0.25) is 9.59 Å². The molecule has 1 fully saturated rings. The molecule has 0 spiro atoms. The van der Waals surface area contributed by atoms with Crippen molar-refractivity contribution in [1.29, 1.82) is 0 Å². The number of hydrogen-bond acceptors (Lipinski definition) is 4. The Bertz CT molecular complexity index is 690. The zero-order chi connectivity index (χ0) is 16.9. The lowest BCUT2D eigenvalue weighted by molar-refractivity contribution is -0.131. The average Bonchev–Trinajstić information content (AvgIpc) is 3.16. The molecular formula is C18H20N2O3S. The van der Waals surface area contributed by atoms with E-state index < -0.39 is 0 Å². The summed E-state index contributed by atoms with van der Waals surface area (Å²) in [4.78, 5) is 29.4. The van der Waals surface area contributed by atoms with E-state index >= 15 is 0 Å². The van der Waals surface area contributed by atoms with Crippen molar-refractivity contribution in [3.63, 3.8) is 0 Å². The Kier molecular flexibility index (Phi) is 5.25. The summed E-state index contributed by atoms with van der Waals surface area (Å²) in [5.41, 5.74) is 1.02. The van der Waals surface area contributed by atoms with Crippen molar-refractivity contribution >= 4 is 23.6 Å². The lowest BCUT2D eigenvalue weighted by Crippen LogP contribution is -2.50. The van der Waals surface area contributed by atoms with Gasteiger partial charge in [0.25, 0.3) is 5.91 Å². The van der Waals surface area contributed by atoms with E-state index in [1.165, 1.54) is 11.2 Å². The molecule has 24 heavy (non-hydrogen) atoms. The van der Waals surface area contributed by atoms with Crippen molar-refractivity contribution in [2.75, 3.05) is 32.4 Å². The molecule has 6 heteroatoms. The third-order valence-corrected chi connectivity index (χ3v) is 4.91. The van der Waals surface area contributed by atoms with E-state index in [-0.39, 0.29) is 11.8 Å². The summed E-state index contributed by atoms with van der Waals surface area (Å²) in [6.07, 6.45) is 3.93. The fraction of sp³-hybridized carbons (Fsp3) is 0.333. The summed E-state index contributed by atoms with van der Waals surface area (Å²) in [6.45, 7) is 2.20. The lowest BCUT2D eigenvalue weighted by Gasteiger charge is -2.34. The van der Waals surface area contributed by atoms with E-state index in [1.54, 1.807) is 28.8 Å². The highest BCUT2D eigenvalue weighted by molar-refractivity contribution is 7.98. The number of amides is 2. The third kappa shape index (κ3) is 3.82. The van der Waals surface area contributed by atoms with Crippen LogP contribution in [-0.4, -0.2) is 54.0 Å². The van der Waals surface area contributed by atoms with Gasteiger partial charge >= 0.3 is 0 Å². The van der Waals surface area contributed by atoms with Crippen LogP contribution in [0, 0.1) is 0 Å². The molecule has 1 aromatic heterocycles. The minimum Gasteiger partial charge on any atom is -0.459 e. The molecule has 1 aliphatic rings. The van der Waals surface area contributed by atoms with E-state index in [0.29, 0.717) is 38.4 Å². The van der Waals surface area contributed by atoms with Gasteiger partial charge in [0.05, 0.1) is 12.7 Å². The number of nitrogens with zero attached hydrogens (tertiary/aromatic N) is 2. The maximum Gasteiger partial charge on any atom is 0.289 e. The minimum absolute atomic E-state index is 0.108. The molecule has 1 aromatic carbocycles. The largest absolute Gasteiger partial charge is 0.459 e. The molecule has 2 heterocycles. The van der Waals surface area contributed by atoms with Crippen molar-refractivity contribution in [1.82, 2.24) is 9.80 Å². The lowest BCUT2D eigenvalue weighted by atomic mass is 10.1. The minimum atomic E-state index is -0.111. The van der Waals surface area contributed by atoms with E-state index in [9.17, 15) is 9.59 Å². The molecule has 0 saturated carbocycles. The second-order valence-corrected chi connectivity index (χ2v) is 6.55. The summed E-state index contributed by atoms with van der Waals surface area (Å²) in [7, 11) is 0. The molecule has 3 rings (SSSR count). The molecule has 0 radical (unpaired) electrons. The number of rotatable bonds is 4. The zero-order valence-corrected chi connectivity index (χ0v) is 14.4. The third-order valence-electron chi connectivity index (χ3n) is 4.17. The highest BCUT2D eigenvalue weighted by atomic mass is 32.2. The molecule has 0 unspecified atom stereocenters. The van der Waals surface area contributed by atoms with E-state index in [4.69, 9.17) is 4.42 Å². The SMILES string of the molecule is CSc1ccc(CC(=O)N2CCN(C(=O)c3ccco3)CC2)cc1. The molecule has 0 atom stereocenters. The molecule has 1 saturated heterocycles. The van der Waals surface area contributed by atoms with Crippen LogP contribution in [0.5, 0.6) is 0 Å². The Morgan fingerprint density at radius 1 is 1.04 bits per heavy atom. The molecular weight excluding hydrogens is 324 g/mol. The van der Waals surface area contributed by atoms with Crippen LogP contribution in [0.2, 0.25) is 0 Å². The van der Waals surface area contributed by atoms with Gasteiger partial charge in [0.2, 0.25) is 5.91 Å². The van der Waals surface area contributed by atoms with Crippen molar-refractivity contribution in [3.05, 3.63) is 54.0 Å². The molecule has 0 aliphatic carbocycles. The van der Waals surface area contributed by atoms with E-state index in [0.717, 1.165) is 5.56 Å². The first-order chi connectivity index (χ1) is 11.7. The number of carbonyl (C=O) groups is 2. The van der Waals surface area contributed by atoms with Crippen LogP contribution in [0.3, 0.4) is 0 Å². The molecule has 2 aromatic rings. The number of thioether (sulfide) groups is 1. The van der Waals surface area contributed by atoms with Gasteiger partial charge in [-0.1, -0.05) is 12.1 Å². The number of hydrogen-bond donors (Lipinski definition) is 0. The topological polar surface area (TPSA) is 53.8 Å². The molecule has 0 bridgehead atoms. The van der Waals surface area contributed by atoms with Crippen molar-refractivity contribution in [3.8, 4) is 0 Å². The monoisotopic (exact) mass is 344 g/mol. The molecule has 5 nitrogen and oxygen atoms in total. The fourth-order valence-electron chi connectivity index (χ4n) is 2.74. The van der Waals surface area contributed by atoms with Crippen LogP contribution in [-0.2, 0) is 11.2 Å². The normalized spacial score (nSPS) is 14.7. The van der Waals surface area contributed by atoms with Crippen molar-refractivity contribution in [2.24, 2.45) is 0 Å². The molecule has 2 amide bonds. The number of carbonyl (C=O) groups excluding carboxylic acids is 2. The Balaban J connectivity index is 1.52. The number of benzene rings is 1. The van der Waals surface area contributed by atoms with Gasteiger partial charge in [-0.15, -0.1) is 11.8 Å². The van der Waals surface area contributed by atoms with Crippen LogP contribution < -0.4 is 0 Å². The first-order valence-corrected chi connectivity index (χ1v) is 9.13. The molecule has 1 aliphatic heterocycles. The second kappa shape index (κ2) is 7.57. The van der Waals surface area contributed by atoms with E-state index in [2.05, 4.69) is 0 Å². The number of piperazine rings is 1. The Labute approximate surface area is 145 Å². The number of furan rings is 1. The van der Waals surface area contributed by atoms with Crippen molar-refractivity contribution in [2.45, 2.75) is 11.3 Å². The summed E-state index contributed by atoms with van der Waals surface area (Å²) >= 11 is 1.69. The highest BCUT2D eigenvalue weighted by Crippen LogP contribution is 2.16. The van der Waals surface area contributed by atoms with Crippen molar-refractivity contribution < 1.29 is 14.0 Å². The smallest absolute Gasteiger partial charge is 0.289 e. The van der Waals surface area contributed by atoms with Gasteiger partial charge in [0.1, 0.15) is 0 Å². The maximum absolute atomic E-state index is 12.4. The quantitative estimate of drug-likeness (QED) is 0.800. The summed E-state index contributed by atoms with van der Waals surface area (Å²) in [5, 5.41) is 0. The van der Waals surface area contributed by atoms with Gasteiger partial charge in [-0.2, -0.15) is 0 Å². The Morgan fingerprint density at radius 3 is 2.29 bits per heavy atom. The molecule has 126 valence electrons. The van der Waals surface area contributed by atoms with Gasteiger partial charge in [-0.05, 0) is 36.1 Å².